The molecular weight excluding hydrogens is 196 g/mol. The average Bonchev–Trinajstić information content (AvgIpc) is 2.09. The Morgan fingerprint density at radius 3 is 1.56 bits per heavy atom. The van der Waals surface area contributed by atoms with Gasteiger partial charge in [-0.3, -0.25) is 0 Å². The molecule has 0 fully saturated rings. The number of unbranched alkanes of at least 4 members (excludes halogenated alkanes) is 3. The monoisotopic (exact) mass is 230 g/mol. The third-order valence-corrected chi connectivity index (χ3v) is 3.17. The van der Waals surface area contributed by atoms with Gasteiger partial charge in [0.25, 0.3) is 0 Å². The predicted molar refractivity (Wildman–Crippen MR) is 73.5 cm³/mol. The molecule has 0 aliphatic rings. The molecule has 0 bridgehead atoms. The Kier molecular flexibility index (Phi) is 7.25. The van der Waals surface area contributed by atoms with Crippen molar-refractivity contribution in [3.63, 3.8) is 0 Å². The van der Waals surface area contributed by atoms with Gasteiger partial charge in [-0.15, -0.1) is 0 Å². The molecule has 0 spiro atoms. The third-order valence-electron chi connectivity index (χ3n) is 3.17. The van der Waals surface area contributed by atoms with Crippen molar-refractivity contribution in [1.82, 2.24) is 0 Å². The lowest BCUT2D eigenvalue weighted by Crippen LogP contribution is -2.40. The predicted octanol–water partition coefficient (Wildman–Crippen LogP) is 2.74. The fourth-order valence-corrected chi connectivity index (χ4v) is 2.20. The van der Waals surface area contributed by atoms with Crippen molar-refractivity contribution in [3.8, 4) is 0 Å². The lowest BCUT2D eigenvalue weighted by molar-refractivity contribution is -0.890. The van der Waals surface area contributed by atoms with Crippen LogP contribution < -0.4 is 0 Å². The minimum Gasteiger partial charge on any atom is -0.331 e. The van der Waals surface area contributed by atoms with Crippen LogP contribution in [0.1, 0.15) is 39.0 Å². The first-order valence-electron chi connectivity index (χ1n) is 6.89. The molecule has 0 aliphatic carbocycles. The second-order valence-corrected chi connectivity index (χ2v) is 6.81. The number of nitrogens with zero attached hydrogens (tertiary/aromatic N) is 2. The molecule has 0 atom stereocenters. The number of rotatable bonds is 9. The van der Waals surface area contributed by atoms with Crippen molar-refractivity contribution in [3.05, 3.63) is 0 Å². The van der Waals surface area contributed by atoms with E-state index in [2.05, 4.69) is 42.2 Å². The zero-order valence-corrected chi connectivity index (χ0v) is 12.6. The zero-order valence-electron chi connectivity index (χ0n) is 12.6. The van der Waals surface area contributed by atoms with E-state index in [1.54, 1.807) is 0 Å². The van der Waals surface area contributed by atoms with Gasteiger partial charge in [0.1, 0.15) is 0 Å². The van der Waals surface area contributed by atoms with Gasteiger partial charge >= 0.3 is 0 Å². The first-order valence-corrected chi connectivity index (χ1v) is 6.89. The topological polar surface area (TPSA) is 0 Å². The number of hydrogen-bond donors (Lipinski definition) is 0. The van der Waals surface area contributed by atoms with Crippen molar-refractivity contribution in [1.29, 1.82) is 0 Å². The quantitative estimate of drug-likeness (QED) is 0.422. The van der Waals surface area contributed by atoms with E-state index in [1.807, 2.05) is 0 Å². The highest BCUT2D eigenvalue weighted by atomic mass is 15.3. The van der Waals surface area contributed by atoms with Crippen molar-refractivity contribution >= 4 is 0 Å². The largest absolute Gasteiger partial charge is 0.331 e. The van der Waals surface area contributed by atoms with Gasteiger partial charge in [-0.1, -0.05) is 6.92 Å². The van der Waals surface area contributed by atoms with Crippen LogP contribution in [0.5, 0.6) is 0 Å². The maximum atomic E-state index is 2.36. The van der Waals surface area contributed by atoms with Gasteiger partial charge in [-0.2, -0.15) is 0 Å². The van der Waals surface area contributed by atoms with Crippen LogP contribution in [-0.2, 0) is 0 Å². The summed E-state index contributed by atoms with van der Waals surface area (Å²) in [5.74, 6) is 0. The molecule has 0 radical (unpaired) electrons. The highest BCUT2D eigenvalue weighted by Crippen LogP contribution is 2.07. The molecule has 0 saturated carbocycles. The molecule has 2 nitrogen and oxygen atoms in total. The molecule has 0 amide bonds. The van der Waals surface area contributed by atoms with Crippen molar-refractivity contribution in [2.24, 2.45) is 0 Å². The van der Waals surface area contributed by atoms with E-state index in [4.69, 9.17) is 0 Å². The summed E-state index contributed by atoms with van der Waals surface area (Å²) in [7, 11) is 11.6. The van der Waals surface area contributed by atoms with Gasteiger partial charge in [-0.05, 0) is 32.1 Å². The summed E-state index contributed by atoms with van der Waals surface area (Å²) in [5, 5.41) is 0. The van der Waals surface area contributed by atoms with Crippen LogP contribution in [0.3, 0.4) is 0 Å². The standard InChI is InChI=1S/C14H34N2/c1-7-12-16(5,6)14-11-9-8-10-13-15(2,3)4/h7-14H2,1-6H3/q+2. The van der Waals surface area contributed by atoms with Crippen LogP contribution in [0.4, 0.5) is 0 Å². The normalized spacial score (nSPS) is 13.1. The Morgan fingerprint density at radius 2 is 1.12 bits per heavy atom. The van der Waals surface area contributed by atoms with E-state index >= 15 is 0 Å². The molecule has 0 aromatic carbocycles. The van der Waals surface area contributed by atoms with Crippen LogP contribution in [-0.4, -0.2) is 63.8 Å². The Morgan fingerprint density at radius 1 is 0.625 bits per heavy atom. The third kappa shape index (κ3) is 10.4. The number of hydrogen-bond acceptors (Lipinski definition) is 0. The smallest absolute Gasteiger partial charge is 0.0782 e. The van der Waals surface area contributed by atoms with Crippen LogP contribution in [0.15, 0.2) is 0 Å². The Hall–Kier alpha value is -0.0800. The Bertz CT molecular complexity index is 168. The maximum absolute atomic E-state index is 2.36. The van der Waals surface area contributed by atoms with E-state index in [9.17, 15) is 0 Å². The van der Waals surface area contributed by atoms with E-state index < -0.39 is 0 Å². The molecule has 0 heterocycles. The molecule has 0 rings (SSSR count). The molecule has 0 N–H and O–H groups in total. The molecule has 0 unspecified atom stereocenters. The summed E-state index contributed by atoms with van der Waals surface area (Å²) in [5.41, 5.74) is 0. The van der Waals surface area contributed by atoms with Crippen molar-refractivity contribution in [2.45, 2.75) is 39.0 Å². The summed E-state index contributed by atoms with van der Waals surface area (Å²) in [6, 6.07) is 0. The fourth-order valence-electron chi connectivity index (χ4n) is 2.20. The summed E-state index contributed by atoms with van der Waals surface area (Å²) < 4.78 is 2.31. The summed E-state index contributed by atoms with van der Waals surface area (Å²) in [4.78, 5) is 0. The molecular formula is C14H34N2+2. The van der Waals surface area contributed by atoms with Crippen molar-refractivity contribution < 1.29 is 8.97 Å². The highest BCUT2D eigenvalue weighted by molar-refractivity contribution is 4.43. The molecule has 98 valence electrons. The van der Waals surface area contributed by atoms with E-state index in [1.165, 1.54) is 56.2 Å². The Labute approximate surface area is 103 Å². The molecule has 2 heteroatoms. The molecule has 0 aliphatic heterocycles. The second-order valence-electron chi connectivity index (χ2n) is 6.81. The second kappa shape index (κ2) is 7.29. The number of quaternary nitrogens is 2. The van der Waals surface area contributed by atoms with Crippen LogP contribution >= 0.6 is 0 Å². The van der Waals surface area contributed by atoms with Crippen LogP contribution in [0.2, 0.25) is 0 Å². The summed E-state index contributed by atoms with van der Waals surface area (Å²) >= 11 is 0. The van der Waals surface area contributed by atoms with Gasteiger partial charge in [0.2, 0.25) is 0 Å². The van der Waals surface area contributed by atoms with Gasteiger partial charge in [0.15, 0.2) is 0 Å². The lowest BCUT2D eigenvalue weighted by Gasteiger charge is -2.29. The molecule has 0 aromatic rings. The van der Waals surface area contributed by atoms with E-state index in [0.29, 0.717) is 0 Å². The van der Waals surface area contributed by atoms with Gasteiger partial charge in [-0.25, -0.2) is 0 Å². The fraction of sp³-hybridized carbons (Fsp3) is 1.00. The minimum absolute atomic E-state index is 1.11. The van der Waals surface area contributed by atoms with Gasteiger partial charge in [0, 0.05) is 0 Å². The summed E-state index contributed by atoms with van der Waals surface area (Å²) in [6.07, 6.45) is 6.89. The zero-order chi connectivity index (χ0) is 12.7. The van der Waals surface area contributed by atoms with E-state index in [0.717, 1.165) is 4.48 Å². The molecule has 16 heavy (non-hydrogen) atoms. The maximum Gasteiger partial charge on any atom is 0.0782 e. The van der Waals surface area contributed by atoms with Crippen LogP contribution in [0.25, 0.3) is 0 Å². The van der Waals surface area contributed by atoms with Crippen LogP contribution in [0, 0.1) is 0 Å². The average molecular weight is 230 g/mol. The molecule has 0 aromatic heterocycles. The highest BCUT2D eigenvalue weighted by Gasteiger charge is 2.12. The van der Waals surface area contributed by atoms with Gasteiger partial charge < -0.3 is 8.97 Å². The SMILES string of the molecule is CCC[N+](C)(C)CCCCCC[N+](C)(C)C. The molecule has 0 saturated heterocycles. The Balaban J connectivity index is 3.40. The first kappa shape index (κ1) is 15.9. The summed E-state index contributed by atoms with van der Waals surface area (Å²) in [6.45, 7) is 6.26. The first-order chi connectivity index (χ1) is 7.27. The van der Waals surface area contributed by atoms with E-state index in [-0.39, 0.29) is 0 Å². The van der Waals surface area contributed by atoms with Crippen molar-refractivity contribution in [2.75, 3.05) is 54.9 Å². The minimum atomic E-state index is 1.11. The lowest BCUT2D eigenvalue weighted by atomic mass is 10.1. The van der Waals surface area contributed by atoms with Gasteiger partial charge in [0.05, 0.1) is 54.9 Å².